The van der Waals surface area contributed by atoms with E-state index in [1.54, 1.807) is 32.2 Å². The summed E-state index contributed by atoms with van der Waals surface area (Å²) in [6.07, 6.45) is 10.2. The number of sulfonamides is 3. The second kappa shape index (κ2) is 56.4. The maximum absolute atomic E-state index is 13.4. The van der Waals surface area contributed by atoms with Gasteiger partial charge in [-0.15, -0.1) is 23.2 Å². The van der Waals surface area contributed by atoms with Gasteiger partial charge in [0.1, 0.15) is 22.7 Å². The molecule has 760 valence electrons. The number of hydrogen-bond acceptors (Lipinski definition) is 20. The van der Waals surface area contributed by atoms with E-state index in [9.17, 15) is 49.2 Å². The van der Waals surface area contributed by atoms with Gasteiger partial charge in [0.05, 0.1) is 33.7 Å². The first-order valence-electron chi connectivity index (χ1n) is 47.1. The van der Waals surface area contributed by atoms with Crippen LogP contribution in [0, 0.1) is 53.1 Å². The number of urea groups is 1. The first kappa shape index (κ1) is 120. The molecular weight excluding hydrogens is 1920 g/mol. The summed E-state index contributed by atoms with van der Waals surface area (Å²) in [5, 5.41) is 51.4. The molecule has 2 spiro atoms. The predicted molar refractivity (Wildman–Crippen MR) is 563 cm³/mol. The Bertz CT molecular complexity index is 6190. The summed E-state index contributed by atoms with van der Waals surface area (Å²) in [4.78, 5) is 80.4. The van der Waals surface area contributed by atoms with Gasteiger partial charge in [-0.25, -0.2) is 53.0 Å². The van der Waals surface area contributed by atoms with Crippen molar-refractivity contribution < 1.29 is 104 Å². The Morgan fingerprint density at radius 2 is 0.746 bits per heavy atom. The first-order valence-corrected chi connectivity index (χ1v) is 53.0. The third-order valence-corrected chi connectivity index (χ3v) is 31.0. The van der Waals surface area contributed by atoms with E-state index in [0.717, 1.165) is 151 Å². The van der Waals surface area contributed by atoms with Crippen LogP contribution in [-0.4, -0.2) is 207 Å². The number of aryl methyl sites for hydroxylation is 9. The molecule has 0 radical (unpaired) electrons. The van der Waals surface area contributed by atoms with E-state index in [0.29, 0.717) is 74.1 Å². The molecule has 0 aromatic heterocycles. The largest absolute Gasteiger partial charge is 1.00 e. The number of halogens is 2. The quantitative estimate of drug-likeness (QED) is 0.0124. The normalized spacial score (nSPS) is 15.0. The number of piperidine rings is 3. The number of primary amides is 2. The molecule has 5 amide bonds. The summed E-state index contributed by atoms with van der Waals surface area (Å²) in [6, 6.07) is 59.8. The van der Waals surface area contributed by atoms with Crippen molar-refractivity contribution in [2.75, 3.05) is 105 Å². The number of nitriles is 1. The van der Waals surface area contributed by atoms with E-state index in [1.807, 2.05) is 147 Å². The monoisotopic (exact) mass is 2050 g/mol. The van der Waals surface area contributed by atoms with Gasteiger partial charge in [0.2, 0.25) is 36.0 Å². The zero-order valence-corrected chi connectivity index (χ0v) is 90.2. The number of anilines is 3. The summed E-state index contributed by atoms with van der Waals surface area (Å²) < 4.78 is 83.0. The SMILES string of the molecule is CC(=O)O.CCCc1ccc(-c2cccc(C(=O)O)c2)cc1.CCCc1ccc(-c2cccc(C3=NC4(CCN(S(=O)(=O)CCc5c(C)cc(N(C)C(N)=O)cc5C)CC4)C(=O)N3)c2)cc1.CCCc1ccc(-c2cccc(C3=NC4(CCN(S(=O)(=O)CCc5c(C)cc(NC)cc5C)CC4)C(=O)N3)c2)cc1.CCO.CNc1cc(C)c(CCS(=O)(=O)N2CCC(N)(C(N)=O)CC2)c(C)c1.ClCCl.N#C[O-].[Na+]. The van der Waals surface area contributed by atoms with Crippen LogP contribution in [0.15, 0.2) is 192 Å². The number of carboxylic acids is 2. The number of carboxylic acid groups (broad SMARTS) is 2. The Morgan fingerprint density at radius 3 is 1.01 bits per heavy atom. The topological polar surface area (TPSA) is 476 Å². The number of rotatable bonds is 28. The van der Waals surface area contributed by atoms with Crippen molar-refractivity contribution in [1.82, 2.24) is 23.5 Å². The smallest absolute Gasteiger partial charge is 0.812 e. The molecule has 3 fully saturated rings. The van der Waals surface area contributed by atoms with Gasteiger partial charge in [-0.05, 0) is 286 Å². The van der Waals surface area contributed by atoms with Crippen molar-refractivity contribution >= 4 is 118 Å². The molecule has 5 heterocycles. The standard InChI is InChI=1S/C34H41N5O4S.C33H40N4O3S.C17H28N4O3S.C16H16O2.C2H4O2.C2H6O.CH2Cl2.CHNO.Na/c1-5-7-25-10-12-26(13-11-25)27-8-6-9-28(22-27)31-36-32(40)34(37-31)15-17-39(18-16-34)44(42,43)19-14-30-23(2)20-29(21-24(30)3)38(4)33(35)41;1-5-7-25-10-12-26(13-11-25)27-8-6-9-28(22-27)31-35-32(38)33(36-31)15-17-37(18-16-33)41(39,40)19-14-30-23(2)20-29(34-4)21-24(30)3;1-12-10-14(20-3)11-13(2)15(12)4-9-25(23,24)21-7-5-17(19,6-8-21)16(18)22;1-2-4-12-7-9-13(10-8-12)14-5-3-6-15(11-14)16(17)18;1-2(3)4;1-2-3;2*2-1-3;/h6,8-13,20-22H,5,7,14-19H2,1-4H3,(H2,35,41)(H,36,37,40);6,8-13,20-22,34H,5,7,14-19H2,1-4H3,(H,35,36,38);10-11,20H,4-9,19H2,1-3H3,(H2,18,22);3,5-11H,2,4H2,1H3,(H,17,18);1H3,(H,3,4);3H,2H2,1H3;1H2;3H;/q;;;;;;;;+1/p-1. The molecule has 0 aliphatic carbocycles. The fraction of sp³-hybridized carbons (Fsp3) is 0.406. The number of nitrogens with two attached hydrogens (primary N) is 3. The van der Waals surface area contributed by atoms with Crippen molar-refractivity contribution in [1.29, 1.82) is 5.26 Å². The van der Waals surface area contributed by atoms with Gasteiger partial charge >= 0.3 is 41.6 Å². The summed E-state index contributed by atoms with van der Waals surface area (Å²) >= 11 is 9.53. The summed E-state index contributed by atoms with van der Waals surface area (Å²) in [5.74, 6) is -1.46. The zero-order valence-electron chi connectivity index (χ0n) is 84.2. The van der Waals surface area contributed by atoms with Gasteiger partial charge in [0.15, 0.2) is 0 Å². The number of alkyl halides is 2. The van der Waals surface area contributed by atoms with Crippen LogP contribution in [0.4, 0.5) is 21.9 Å². The molecule has 36 heteroatoms. The Kier molecular flexibility index (Phi) is 47.5. The number of carbonyl (C=O) groups excluding carboxylic acids is 4. The van der Waals surface area contributed by atoms with Gasteiger partial charge < -0.3 is 58.9 Å². The molecule has 30 nitrogen and oxygen atoms in total. The third-order valence-electron chi connectivity index (χ3n) is 25.4. The number of amides is 5. The Labute approximate surface area is 870 Å². The minimum Gasteiger partial charge on any atom is -0.812 e. The van der Waals surface area contributed by atoms with Crippen LogP contribution in [0.2, 0.25) is 0 Å². The molecule has 5 aliphatic heterocycles. The molecule has 14 rings (SSSR count). The van der Waals surface area contributed by atoms with E-state index >= 15 is 0 Å². The number of amidine groups is 2. The third kappa shape index (κ3) is 33.8. The maximum atomic E-state index is 13.4. The molecule has 5 aliphatic rings. The number of aromatic carboxylic acids is 1. The zero-order chi connectivity index (χ0) is 104. The number of benzene rings is 9. The van der Waals surface area contributed by atoms with Crippen LogP contribution in [0.25, 0.3) is 33.4 Å². The van der Waals surface area contributed by atoms with Crippen molar-refractivity contribution in [3.8, 4) is 39.6 Å². The summed E-state index contributed by atoms with van der Waals surface area (Å²) in [5.41, 5.74) is 37.9. The Morgan fingerprint density at radius 1 is 0.479 bits per heavy atom. The van der Waals surface area contributed by atoms with Crippen LogP contribution < -0.4 is 78.0 Å². The molecular formula is C106H137Cl2N14NaO16S3. The number of carbonyl (C=O) groups is 6. The van der Waals surface area contributed by atoms with Crippen LogP contribution in [0.1, 0.15) is 181 Å². The second-order valence-electron chi connectivity index (χ2n) is 35.4. The van der Waals surface area contributed by atoms with Crippen molar-refractivity contribution in [3.63, 3.8) is 0 Å². The molecule has 3 saturated heterocycles. The van der Waals surface area contributed by atoms with Crippen LogP contribution in [0.5, 0.6) is 0 Å². The summed E-state index contributed by atoms with van der Waals surface area (Å²) in [6.45, 7) is 22.9. The van der Waals surface area contributed by atoms with E-state index in [2.05, 4.69) is 115 Å². The fourth-order valence-electron chi connectivity index (χ4n) is 17.5. The van der Waals surface area contributed by atoms with Gasteiger partial charge in [-0.1, -0.05) is 161 Å². The van der Waals surface area contributed by atoms with Crippen molar-refractivity contribution in [2.45, 2.75) is 189 Å². The number of aliphatic carboxylic acids is 1. The van der Waals surface area contributed by atoms with Crippen molar-refractivity contribution in [3.05, 3.63) is 265 Å². The van der Waals surface area contributed by atoms with E-state index < -0.39 is 70.6 Å². The molecule has 9 aromatic rings. The number of aliphatic imine (C=N–C) groups is 2. The maximum Gasteiger partial charge on any atom is 1.00 e. The van der Waals surface area contributed by atoms with E-state index in [4.69, 9.17) is 80.9 Å². The van der Waals surface area contributed by atoms with Crippen molar-refractivity contribution in [2.24, 2.45) is 27.2 Å². The van der Waals surface area contributed by atoms with Gasteiger partial charge in [-0.3, -0.25) is 34.1 Å². The molecule has 0 atom stereocenters. The molecule has 0 saturated carbocycles. The molecule has 9 aromatic carbocycles. The minimum atomic E-state index is -3.56. The molecule has 142 heavy (non-hydrogen) atoms. The van der Waals surface area contributed by atoms with Crippen LogP contribution in [0.3, 0.4) is 0 Å². The van der Waals surface area contributed by atoms with Gasteiger partial charge in [0.25, 0.3) is 17.8 Å². The molecule has 0 unspecified atom stereocenters. The van der Waals surface area contributed by atoms with Gasteiger partial charge in [-0.2, -0.15) is 0 Å². The number of hydrogen-bond donors (Lipinski definition) is 10. The molecule has 0 bridgehead atoms. The predicted octanol–water partition coefficient (Wildman–Crippen LogP) is 11.8. The number of aliphatic hydroxyl groups is 1. The summed E-state index contributed by atoms with van der Waals surface area (Å²) in [7, 11) is -5.08. The second-order valence-corrected chi connectivity index (χ2v) is 42.4. The van der Waals surface area contributed by atoms with E-state index in [1.165, 1.54) is 34.5 Å². The van der Waals surface area contributed by atoms with Crippen LogP contribution in [-0.2, 0) is 87.8 Å². The number of aliphatic hydroxyl groups excluding tert-OH is 1. The molecule has 13 N–H and O–H groups in total. The fourth-order valence-corrected chi connectivity index (χ4v) is 21.9. The number of nitrogens with one attached hydrogen (secondary N) is 4. The van der Waals surface area contributed by atoms with E-state index in [-0.39, 0.29) is 123 Å². The minimum absolute atomic E-state index is 0. The number of nitrogens with zero attached hydrogens (tertiary/aromatic N) is 7. The first-order chi connectivity index (χ1) is 66.8. The average Bonchev–Trinajstić information content (AvgIpc) is 1.61. The van der Waals surface area contributed by atoms with Gasteiger partial charge in [0, 0.05) is 108 Å². The Balaban J connectivity index is 0.000000289. The van der Waals surface area contributed by atoms with Crippen LogP contribution >= 0.6 is 23.2 Å². The average molecular weight is 2050 g/mol. The Hall–Kier alpha value is -10.9.